The van der Waals surface area contributed by atoms with Gasteiger partial charge in [0.25, 0.3) is 0 Å². The first-order chi connectivity index (χ1) is 21.7. The van der Waals surface area contributed by atoms with Gasteiger partial charge in [0, 0.05) is 26.2 Å². The fraction of sp³-hybridized carbons (Fsp3) is 0.972. The first-order valence-corrected chi connectivity index (χ1v) is 20.5. The van der Waals surface area contributed by atoms with Gasteiger partial charge in [0.15, 0.2) is 0 Å². The van der Waals surface area contributed by atoms with Crippen molar-refractivity contribution in [2.24, 2.45) is 4.76 Å². The lowest BCUT2D eigenvalue weighted by Crippen LogP contribution is -2.52. The van der Waals surface area contributed by atoms with Crippen LogP contribution in [0.3, 0.4) is 0 Å². The Morgan fingerprint density at radius 1 is 0.578 bits per heavy atom. The number of nitrogens with zero attached hydrogens (tertiary/aromatic N) is 3. The van der Waals surface area contributed by atoms with Crippen LogP contribution < -0.4 is 0 Å². The monoisotopic (exact) mass is 658 g/mol. The van der Waals surface area contributed by atoms with E-state index >= 15 is 4.57 Å². The van der Waals surface area contributed by atoms with Gasteiger partial charge in [-0.25, -0.2) is 4.57 Å². The second-order valence-electron chi connectivity index (χ2n) is 14.0. The largest absolute Gasteiger partial charge is 0.458 e. The van der Waals surface area contributed by atoms with Crippen LogP contribution in [0, 0.1) is 0 Å². The number of ether oxygens (including phenoxy) is 2. The van der Waals surface area contributed by atoms with E-state index in [1.807, 2.05) is 0 Å². The van der Waals surface area contributed by atoms with Crippen LogP contribution in [0.1, 0.15) is 164 Å². The van der Waals surface area contributed by atoms with E-state index in [4.69, 9.17) is 23.3 Å². The van der Waals surface area contributed by atoms with Gasteiger partial charge in [0.2, 0.25) is 5.96 Å². The second-order valence-corrected chi connectivity index (χ2v) is 15.5. The van der Waals surface area contributed by atoms with Gasteiger partial charge in [0.1, 0.15) is 0 Å². The molecule has 0 aromatic rings. The third kappa shape index (κ3) is 16.3. The maximum absolute atomic E-state index is 15.5. The van der Waals surface area contributed by atoms with Gasteiger partial charge in [0.05, 0.1) is 37.6 Å². The maximum Gasteiger partial charge on any atom is 0.458 e. The third-order valence-electron chi connectivity index (χ3n) is 9.46. The van der Waals surface area contributed by atoms with Gasteiger partial charge in [-0.1, -0.05) is 124 Å². The minimum absolute atomic E-state index is 0.561. The molecule has 2 atom stereocenters. The maximum atomic E-state index is 15.5. The van der Waals surface area contributed by atoms with Gasteiger partial charge < -0.3 is 19.3 Å². The van der Waals surface area contributed by atoms with Crippen LogP contribution in [0.2, 0.25) is 0 Å². The Balaban J connectivity index is 2.53. The highest BCUT2D eigenvalue weighted by molar-refractivity contribution is 7.52. The molecule has 0 saturated carbocycles. The van der Waals surface area contributed by atoms with Crippen molar-refractivity contribution in [2.75, 3.05) is 52.6 Å². The number of unbranched alkanes of at least 4 members (excludes halogenated alkanes) is 11. The molecule has 2 heterocycles. The summed E-state index contributed by atoms with van der Waals surface area (Å²) in [7, 11) is -3.94. The Hall–Kier alpha value is -0.660. The predicted molar refractivity (Wildman–Crippen MR) is 189 cm³/mol. The number of guanidine groups is 1. The first-order valence-electron chi connectivity index (χ1n) is 19.0. The molecule has 0 aliphatic carbocycles. The molecule has 9 heteroatoms. The van der Waals surface area contributed by atoms with Gasteiger partial charge in [-0.05, 0) is 39.5 Å². The van der Waals surface area contributed by atoms with Gasteiger partial charge in [-0.2, -0.15) is 0 Å². The molecule has 2 saturated heterocycles. The standard InChI is InChI=1S/C36H72N3O5P/c1-7-11-15-19-23-35(5,22-18-14-10-4)43-45(40,44-36(6,24-20-16-12-8-2)25-21-17-13-9-3)37-34(38-26-30-41-31-27-38)39-28-32-42-33-29-39/h7-33H2,1-6H3. The van der Waals surface area contributed by atoms with Crippen molar-refractivity contribution in [2.45, 2.75) is 175 Å². The molecule has 0 N–H and O–H groups in total. The highest BCUT2D eigenvalue weighted by Crippen LogP contribution is 2.59. The highest BCUT2D eigenvalue weighted by atomic mass is 31.2. The summed E-state index contributed by atoms with van der Waals surface area (Å²) in [4.78, 5) is 4.45. The van der Waals surface area contributed by atoms with Crippen molar-refractivity contribution < 1.29 is 23.1 Å². The van der Waals surface area contributed by atoms with E-state index in [9.17, 15) is 0 Å². The van der Waals surface area contributed by atoms with Crippen molar-refractivity contribution in [3.8, 4) is 0 Å². The molecule has 0 aromatic heterocycles. The Bertz CT molecular complexity index is 800. The molecule has 0 radical (unpaired) electrons. The molecule has 0 bridgehead atoms. The fourth-order valence-electron chi connectivity index (χ4n) is 6.54. The Morgan fingerprint density at radius 3 is 1.22 bits per heavy atom. The number of morpholine rings is 2. The van der Waals surface area contributed by atoms with Crippen molar-refractivity contribution in [3.63, 3.8) is 0 Å². The lowest BCUT2D eigenvalue weighted by molar-refractivity contribution is -0.00429. The lowest BCUT2D eigenvalue weighted by Gasteiger charge is -2.41. The highest BCUT2D eigenvalue weighted by Gasteiger charge is 2.43. The van der Waals surface area contributed by atoms with Crippen LogP contribution in [-0.2, 0) is 23.1 Å². The Morgan fingerprint density at radius 2 is 0.889 bits per heavy atom. The molecule has 8 nitrogen and oxygen atoms in total. The first kappa shape index (κ1) is 40.5. The van der Waals surface area contributed by atoms with E-state index in [-0.39, 0.29) is 0 Å². The molecule has 45 heavy (non-hydrogen) atoms. The molecule has 2 aliphatic rings. The molecule has 2 fully saturated rings. The molecule has 2 aliphatic heterocycles. The summed E-state index contributed by atoms with van der Waals surface area (Å²) in [5.41, 5.74) is -1.12. The lowest BCUT2D eigenvalue weighted by atomic mass is 9.92. The van der Waals surface area contributed by atoms with Gasteiger partial charge in [-0.3, -0.25) is 9.05 Å². The quantitative estimate of drug-likeness (QED) is 0.0443. The van der Waals surface area contributed by atoms with Crippen LogP contribution in [-0.4, -0.2) is 79.6 Å². The summed E-state index contributed by atoms with van der Waals surface area (Å²) in [6.45, 7) is 18.7. The van der Waals surface area contributed by atoms with Crippen LogP contribution in [0.4, 0.5) is 0 Å². The van der Waals surface area contributed by atoms with Crippen molar-refractivity contribution in [3.05, 3.63) is 0 Å². The van der Waals surface area contributed by atoms with Crippen molar-refractivity contribution >= 4 is 13.7 Å². The normalized spacial score (nSPS) is 18.9. The Kier molecular flexibility index (Phi) is 20.6. The minimum atomic E-state index is -3.94. The average Bonchev–Trinajstić information content (AvgIpc) is 3.03. The average molecular weight is 658 g/mol. The molecule has 0 amide bonds. The summed E-state index contributed by atoms with van der Waals surface area (Å²) in [6, 6.07) is 0. The summed E-state index contributed by atoms with van der Waals surface area (Å²) in [6.07, 6.45) is 20.7. The number of hydrogen-bond donors (Lipinski definition) is 0. The molecular formula is C36H72N3O5P. The zero-order chi connectivity index (χ0) is 32.9. The van der Waals surface area contributed by atoms with Crippen LogP contribution >= 0.6 is 7.75 Å². The van der Waals surface area contributed by atoms with Crippen molar-refractivity contribution in [1.29, 1.82) is 0 Å². The van der Waals surface area contributed by atoms with E-state index in [1.54, 1.807) is 0 Å². The fourth-order valence-corrected chi connectivity index (χ4v) is 8.61. The molecule has 0 aromatic carbocycles. The van der Waals surface area contributed by atoms with E-state index in [1.165, 1.54) is 38.5 Å². The van der Waals surface area contributed by atoms with Crippen LogP contribution in [0.15, 0.2) is 4.76 Å². The van der Waals surface area contributed by atoms with Gasteiger partial charge in [-0.15, -0.1) is 4.76 Å². The van der Waals surface area contributed by atoms with E-state index in [0.29, 0.717) is 52.6 Å². The number of rotatable bonds is 24. The molecular weight excluding hydrogens is 585 g/mol. The van der Waals surface area contributed by atoms with E-state index in [2.05, 4.69) is 51.3 Å². The summed E-state index contributed by atoms with van der Waals surface area (Å²) in [5.74, 6) is 0.728. The predicted octanol–water partition coefficient (Wildman–Crippen LogP) is 10.2. The van der Waals surface area contributed by atoms with Crippen LogP contribution in [0.25, 0.3) is 0 Å². The summed E-state index contributed by atoms with van der Waals surface area (Å²) in [5, 5.41) is 0. The Labute approximate surface area is 278 Å². The zero-order valence-electron chi connectivity index (χ0n) is 30.4. The zero-order valence-corrected chi connectivity index (χ0v) is 31.3. The molecule has 2 rings (SSSR count). The second kappa shape index (κ2) is 22.8. The number of hydrogen-bond acceptors (Lipinski definition) is 5. The summed E-state index contributed by atoms with van der Waals surface area (Å²) < 4.78 is 46.0. The summed E-state index contributed by atoms with van der Waals surface area (Å²) >= 11 is 0. The van der Waals surface area contributed by atoms with E-state index < -0.39 is 18.9 Å². The minimum Gasteiger partial charge on any atom is -0.378 e. The molecule has 0 spiro atoms. The van der Waals surface area contributed by atoms with E-state index in [0.717, 1.165) is 89.4 Å². The third-order valence-corrected chi connectivity index (χ3v) is 11.2. The molecule has 266 valence electrons. The van der Waals surface area contributed by atoms with Crippen LogP contribution in [0.5, 0.6) is 0 Å². The van der Waals surface area contributed by atoms with Gasteiger partial charge >= 0.3 is 7.75 Å². The smallest absolute Gasteiger partial charge is 0.378 e. The SMILES string of the molecule is CCCCCCC(C)(CCCCC)OP(=O)(N=C(N1CCOCC1)N1CCOCC1)OC(C)(CCCCCC)CCCCCC. The van der Waals surface area contributed by atoms with Crippen molar-refractivity contribution in [1.82, 2.24) is 9.80 Å². The molecule has 2 unspecified atom stereocenters. The topological polar surface area (TPSA) is 72.8 Å².